The summed E-state index contributed by atoms with van der Waals surface area (Å²) >= 11 is 0. The maximum atomic E-state index is 12.4. The maximum Gasteiger partial charge on any atom is 0.456 e. The summed E-state index contributed by atoms with van der Waals surface area (Å²) in [5, 5.41) is 17.7. The molecule has 0 heterocycles. The van der Waals surface area contributed by atoms with Crippen molar-refractivity contribution in [3.63, 3.8) is 0 Å². The molecule has 0 saturated carbocycles. The van der Waals surface area contributed by atoms with Gasteiger partial charge in [-0.2, -0.15) is 22.0 Å². The monoisotopic (exact) mass is 236 g/mol. The van der Waals surface area contributed by atoms with Gasteiger partial charge in [-0.05, 0) is 6.42 Å². The average molecular weight is 236 g/mol. The van der Waals surface area contributed by atoms with Crippen LogP contribution in [-0.2, 0) is 0 Å². The van der Waals surface area contributed by atoms with Crippen LogP contribution in [0.1, 0.15) is 26.2 Å². The van der Waals surface area contributed by atoms with Crippen molar-refractivity contribution in [3.8, 4) is 0 Å². The summed E-state index contributed by atoms with van der Waals surface area (Å²) in [5.41, 5.74) is 0. The van der Waals surface area contributed by atoms with Gasteiger partial charge in [0.05, 0.1) is 6.10 Å². The van der Waals surface area contributed by atoms with Crippen molar-refractivity contribution in [1.82, 2.24) is 0 Å². The molecule has 7 heteroatoms. The predicted octanol–water partition coefficient (Wildman–Crippen LogP) is 2.10. The normalized spacial score (nSPS) is 17.6. The molecule has 92 valence electrons. The summed E-state index contributed by atoms with van der Waals surface area (Å²) in [6, 6.07) is 0. The van der Waals surface area contributed by atoms with Crippen LogP contribution in [0.4, 0.5) is 22.0 Å². The predicted molar refractivity (Wildman–Crippen MR) is 42.5 cm³/mol. The van der Waals surface area contributed by atoms with E-state index in [0.717, 1.165) is 0 Å². The van der Waals surface area contributed by atoms with E-state index in [2.05, 4.69) is 0 Å². The molecule has 0 bridgehead atoms. The Balaban J connectivity index is 4.37. The molecule has 0 radical (unpaired) electrons. The minimum atomic E-state index is -5.79. The van der Waals surface area contributed by atoms with E-state index in [1.54, 1.807) is 6.92 Å². The van der Waals surface area contributed by atoms with Crippen molar-refractivity contribution in [1.29, 1.82) is 0 Å². The molecule has 0 aromatic heterocycles. The van der Waals surface area contributed by atoms with E-state index in [0.29, 0.717) is 6.42 Å². The van der Waals surface area contributed by atoms with Crippen LogP contribution in [0.3, 0.4) is 0 Å². The summed E-state index contributed by atoms with van der Waals surface area (Å²) < 4.78 is 60.1. The second-order valence-electron chi connectivity index (χ2n) is 3.31. The van der Waals surface area contributed by atoms with Crippen LogP contribution >= 0.6 is 0 Å². The van der Waals surface area contributed by atoms with E-state index < -0.39 is 30.7 Å². The molecular formula is C8H13F5O2. The SMILES string of the molecule is CCCC(O)CC(O)C(F)(F)C(F)(F)F. The maximum absolute atomic E-state index is 12.4. The summed E-state index contributed by atoms with van der Waals surface area (Å²) in [7, 11) is 0. The Morgan fingerprint density at radius 3 is 1.87 bits per heavy atom. The largest absolute Gasteiger partial charge is 0.456 e. The van der Waals surface area contributed by atoms with Gasteiger partial charge in [0.2, 0.25) is 0 Å². The molecule has 0 aliphatic carbocycles. The highest BCUT2D eigenvalue weighted by Crippen LogP contribution is 2.39. The number of alkyl halides is 5. The zero-order valence-electron chi connectivity index (χ0n) is 8.06. The first-order valence-electron chi connectivity index (χ1n) is 4.43. The highest BCUT2D eigenvalue weighted by molar-refractivity contribution is 4.85. The molecule has 0 spiro atoms. The van der Waals surface area contributed by atoms with Crippen LogP contribution in [0, 0.1) is 0 Å². The van der Waals surface area contributed by atoms with E-state index >= 15 is 0 Å². The van der Waals surface area contributed by atoms with E-state index in [-0.39, 0.29) is 6.42 Å². The Labute approximate surface area is 83.7 Å². The molecule has 0 aliphatic rings. The zero-order valence-corrected chi connectivity index (χ0v) is 8.06. The van der Waals surface area contributed by atoms with Crippen LogP contribution in [0.15, 0.2) is 0 Å². The number of hydrogen-bond acceptors (Lipinski definition) is 2. The molecular weight excluding hydrogens is 223 g/mol. The van der Waals surface area contributed by atoms with E-state index in [1.807, 2.05) is 0 Å². The lowest BCUT2D eigenvalue weighted by Crippen LogP contribution is -2.48. The van der Waals surface area contributed by atoms with Gasteiger partial charge >= 0.3 is 12.1 Å². The number of aliphatic hydroxyl groups excluding tert-OH is 2. The lowest BCUT2D eigenvalue weighted by molar-refractivity contribution is -0.315. The van der Waals surface area contributed by atoms with Crippen LogP contribution in [0.25, 0.3) is 0 Å². The van der Waals surface area contributed by atoms with Crippen molar-refractivity contribution >= 4 is 0 Å². The molecule has 0 fully saturated rings. The Morgan fingerprint density at radius 1 is 1.07 bits per heavy atom. The second-order valence-corrected chi connectivity index (χ2v) is 3.31. The number of halogens is 5. The number of rotatable bonds is 5. The smallest absolute Gasteiger partial charge is 0.393 e. The van der Waals surface area contributed by atoms with Gasteiger partial charge in [-0.3, -0.25) is 0 Å². The molecule has 15 heavy (non-hydrogen) atoms. The molecule has 0 aromatic carbocycles. The zero-order chi connectivity index (χ0) is 12.3. The molecule has 0 saturated heterocycles. The van der Waals surface area contributed by atoms with Gasteiger partial charge < -0.3 is 10.2 Å². The average Bonchev–Trinajstić information content (AvgIpc) is 2.02. The minimum Gasteiger partial charge on any atom is -0.393 e. The van der Waals surface area contributed by atoms with Gasteiger partial charge in [0, 0.05) is 6.42 Å². The third-order valence-corrected chi connectivity index (χ3v) is 1.91. The van der Waals surface area contributed by atoms with E-state index in [4.69, 9.17) is 10.2 Å². The van der Waals surface area contributed by atoms with Gasteiger partial charge in [-0.25, -0.2) is 0 Å². The van der Waals surface area contributed by atoms with Crippen molar-refractivity contribution in [2.24, 2.45) is 0 Å². The molecule has 2 nitrogen and oxygen atoms in total. The van der Waals surface area contributed by atoms with Gasteiger partial charge in [0.25, 0.3) is 0 Å². The highest BCUT2D eigenvalue weighted by Gasteiger charge is 2.62. The molecule has 0 aromatic rings. The van der Waals surface area contributed by atoms with Crippen LogP contribution in [0.2, 0.25) is 0 Å². The Kier molecular flexibility index (Phi) is 4.92. The van der Waals surface area contributed by atoms with E-state index in [9.17, 15) is 22.0 Å². The van der Waals surface area contributed by atoms with Crippen LogP contribution in [0.5, 0.6) is 0 Å². The minimum absolute atomic E-state index is 0.0744. The summed E-state index contributed by atoms with van der Waals surface area (Å²) in [4.78, 5) is 0. The molecule has 2 unspecified atom stereocenters. The van der Waals surface area contributed by atoms with E-state index in [1.165, 1.54) is 0 Å². The fourth-order valence-electron chi connectivity index (χ4n) is 1.05. The first-order valence-corrected chi connectivity index (χ1v) is 4.43. The van der Waals surface area contributed by atoms with Gasteiger partial charge in [0.1, 0.15) is 6.10 Å². The van der Waals surface area contributed by atoms with Crippen molar-refractivity contribution < 1.29 is 32.2 Å². The van der Waals surface area contributed by atoms with Crippen LogP contribution in [-0.4, -0.2) is 34.5 Å². The molecule has 0 amide bonds. The van der Waals surface area contributed by atoms with Crippen molar-refractivity contribution in [3.05, 3.63) is 0 Å². The fraction of sp³-hybridized carbons (Fsp3) is 1.00. The lowest BCUT2D eigenvalue weighted by atomic mass is 10.0. The highest BCUT2D eigenvalue weighted by atomic mass is 19.4. The standard InChI is InChI=1S/C8H13F5O2/c1-2-3-5(14)4-6(15)7(9,10)8(11,12)13/h5-6,14-15H,2-4H2,1H3. The van der Waals surface area contributed by atoms with Gasteiger partial charge in [-0.1, -0.05) is 13.3 Å². The Bertz CT molecular complexity index is 192. The van der Waals surface area contributed by atoms with Crippen molar-refractivity contribution in [2.45, 2.75) is 50.5 Å². The number of hydrogen-bond donors (Lipinski definition) is 2. The molecule has 2 N–H and O–H groups in total. The Morgan fingerprint density at radius 2 is 1.53 bits per heavy atom. The Hall–Kier alpha value is -0.430. The summed E-state index contributed by atoms with van der Waals surface area (Å²) in [6.45, 7) is 1.64. The molecule has 0 aliphatic heterocycles. The quantitative estimate of drug-likeness (QED) is 0.717. The van der Waals surface area contributed by atoms with Gasteiger partial charge in [0.15, 0.2) is 0 Å². The molecule has 0 rings (SSSR count). The van der Waals surface area contributed by atoms with Gasteiger partial charge in [-0.15, -0.1) is 0 Å². The first-order chi connectivity index (χ1) is 6.63. The topological polar surface area (TPSA) is 40.5 Å². The first kappa shape index (κ1) is 14.6. The third kappa shape index (κ3) is 3.90. The molecule has 2 atom stereocenters. The van der Waals surface area contributed by atoms with Crippen LogP contribution < -0.4 is 0 Å². The lowest BCUT2D eigenvalue weighted by Gasteiger charge is -2.26. The number of aliphatic hydroxyl groups is 2. The second kappa shape index (κ2) is 5.07. The summed E-state index contributed by atoms with van der Waals surface area (Å²) in [5.74, 6) is -5.18. The summed E-state index contributed by atoms with van der Waals surface area (Å²) in [6.07, 6.45) is -10.5. The van der Waals surface area contributed by atoms with Crippen molar-refractivity contribution in [2.75, 3.05) is 0 Å². The fourth-order valence-corrected chi connectivity index (χ4v) is 1.05. The third-order valence-electron chi connectivity index (χ3n) is 1.91.